The maximum absolute atomic E-state index is 14.0. The minimum atomic E-state index is -2.68. The summed E-state index contributed by atoms with van der Waals surface area (Å²) in [5.41, 5.74) is 0.193. The van der Waals surface area contributed by atoms with Gasteiger partial charge in [0.1, 0.15) is 0 Å². The van der Waals surface area contributed by atoms with Gasteiger partial charge in [-0.25, -0.2) is 19.2 Å². The van der Waals surface area contributed by atoms with Crippen molar-refractivity contribution >= 4 is 50.1 Å². The predicted molar refractivity (Wildman–Crippen MR) is 80.9 cm³/mol. The van der Waals surface area contributed by atoms with E-state index in [1.807, 2.05) is 22.6 Å². The molecule has 0 aromatic heterocycles. The van der Waals surface area contributed by atoms with E-state index in [-0.39, 0.29) is 50.4 Å². The van der Waals surface area contributed by atoms with Gasteiger partial charge in [-0.05, 0) is 6.07 Å². The van der Waals surface area contributed by atoms with Crippen LogP contribution in [0.4, 0.5) is 13.2 Å². The molecule has 0 N–H and O–H groups in total. The van der Waals surface area contributed by atoms with E-state index >= 15 is 0 Å². The van der Waals surface area contributed by atoms with Gasteiger partial charge in [0, 0.05) is 37.2 Å². The first-order chi connectivity index (χ1) is 9.40. The molecule has 1 radical (unpaired) electrons. The normalized spacial score (nSPS) is 18.6. The minimum absolute atomic E-state index is 0. The summed E-state index contributed by atoms with van der Waals surface area (Å²) in [6.07, 6.45) is 0.454. The molecule has 21 heavy (non-hydrogen) atoms. The number of allylic oxidation sites excluding steroid dienone is 1. The molecule has 0 bridgehead atoms. The number of benzene rings is 1. The molecule has 1 aliphatic heterocycles. The molecule has 0 aliphatic carbocycles. The van der Waals surface area contributed by atoms with E-state index < -0.39 is 28.6 Å². The molecule has 1 unspecified atom stereocenters. The average Bonchev–Trinajstić information content (AvgIpc) is 2.36. The zero-order chi connectivity index (χ0) is 14.9. The van der Waals surface area contributed by atoms with Crippen LogP contribution >= 0.6 is 38.5 Å². The molecular weight excluding hydrogens is 539 g/mol. The van der Waals surface area contributed by atoms with Crippen LogP contribution in [-0.4, -0.2) is 27.7 Å². The van der Waals surface area contributed by atoms with Gasteiger partial charge < -0.3 is 4.90 Å². The van der Waals surface area contributed by atoms with Gasteiger partial charge in [0.15, 0.2) is 0 Å². The fourth-order valence-corrected chi connectivity index (χ4v) is 2.78. The van der Waals surface area contributed by atoms with Gasteiger partial charge in [-0.3, -0.25) is 4.79 Å². The molecule has 0 saturated carbocycles. The first-order valence-corrected chi connectivity index (χ1v) is 7.74. The number of carbonyl (C=O) groups is 1. The largest absolute Gasteiger partial charge is 0.341 e. The maximum atomic E-state index is 14.0. The number of rotatable bonds is 3. The summed E-state index contributed by atoms with van der Waals surface area (Å²) in [5.74, 6) is -1.03. The van der Waals surface area contributed by atoms with Crippen molar-refractivity contribution in [1.82, 2.24) is 4.90 Å². The van der Waals surface area contributed by atoms with Crippen molar-refractivity contribution < 1.29 is 50.7 Å². The summed E-state index contributed by atoms with van der Waals surface area (Å²) in [7, 11) is 0. The van der Waals surface area contributed by atoms with E-state index in [1.165, 1.54) is 12.1 Å². The van der Waals surface area contributed by atoms with Crippen LogP contribution in [0.1, 0.15) is 12.0 Å². The number of halogens is 5. The zero-order valence-corrected chi connectivity index (χ0v) is 17.2. The van der Waals surface area contributed by atoms with Gasteiger partial charge in [0.2, 0.25) is 5.91 Å². The minimum Gasteiger partial charge on any atom is -0.341 e. The molecule has 111 valence electrons. The predicted octanol–water partition coefficient (Wildman–Crippen LogP) is 4.03. The Morgan fingerprint density at radius 2 is 2.14 bits per heavy atom. The van der Waals surface area contributed by atoms with Crippen LogP contribution in [0, 0.1) is 11.9 Å². The van der Waals surface area contributed by atoms with E-state index in [0.717, 1.165) is 4.90 Å². The average molecular weight is 548 g/mol. The van der Waals surface area contributed by atoms with Crippen LogP contribution < -0.4 is 0 Å². The topological polar surface area (TPSA) is 20.3 Å². The molecule has 1 aliphatic rings. The Kier molecular flexibility index (Phi) is 7.84. The van der Waals surface area contributed by atoms with Crippen LogP contribution in [0.2, 0.25) is 0 Å². The van der Waals surface area contributed by atoms with Crippen molar-refractivity contribution in [2.24, 2.45) is 0 Å². The van der Waals surface area contributed by atoms with Crippen LogP contribution in [0.25, 0.3) is 5.70 Å². The molecule has 8 heteroatoms. The third-order valence-corrected chi connectivity index (χ3v) is 4.23. The summed E-state index contributed by atoms with van der Waals surface area (Å²) in [6.45, 7) is -0.754. The Labute approximate surface area is 167 Å². The fourth-order valence-electron chi connectivity index (χ4n) is 1.89. The Bertz CT molecular complexity index is 570. The number of amides is 1. The molecule has 1 amide bonds. The van der Waals surface area contributed by atoms with E-state index in [0.29, 0.717) is 4.47 Å². The second-order valence-electron chi connectivity index (χ2n) is 4.16. The van der Waals surface area contributed by atoms with Gasteiger partial charge in [0.25, 0.3) is 6.43 Å². The fraction of sp³-hybridized carbons (Fsp3) is 0.308. The smallest absolute Gasteiger partial charge is 0.256 e. The molecule has 1 heterocycles. The quantitative estimate of drug-likeness (QED) is 0.318. The van der Waals surface area contributed by atoms with Crippen molar-refractivity contribution in [3.63, 3.8) is 0 Å². The van der Waals surface area contributed by atoms with Gasteiger partial charge in [0.05, 0.1) is 16.3 Å². The first-order valence-electron chi connectivity index (χ1n) is 5.70. The van der Waals surface area contributed by atoms with Gasteiger partial charge in [-0.2, -0.15) is 0 Å². The SMILES string of the molecule is O=C1C(I)C[C-]=C(c2ccc(Br)cc2F)N1CC(F)F.[Y]. The summed E-state index contributed by atoms with van der Waals surface area (Å²) in [4.78, 5) is 12.9. The van der Waals surface area contributed by atoms with Crippen molar-refractivity contribution in [2.75, 3.05) is 6.54 Å². The zero-order valence-electron chi connectivity index (χ0n) is 10.6. The van der Waals surface area contributed by atoms with Crippen LogP contribution in [0.3, 0.4) is 0 Å². The number of nitrogens with zero attached hydrogens (tertiary/aromatic N) is 1. The molecule has 2 nitrogen and oxygen atoms in total. The second kappa shape index (κ2) is 8.40. The Hall–Kier alpha value is 0.534. The molecular formula is C13H9BrF3INOY-. The van der Waals surface area contributed by atoms with Crippen LogP contribution in [0.5, 0.6) is 0 Å². The molecule has 1 atom stereocenters. The maximum Gasteiger partial charge on any atom is 0.256 e. The Balaban J connectivity index is 0.00000220. The Morgan fingerprint density at radius 1 is 1.48 bits per heavy atom. The molecule has 0 fully saturated rings. The monoisotopic (exact) mass is 547 g/mol. The molecule has 0 spiro atoms. The second-order valence-corrected chi connectivity index (χ2v) is 6.58. The van der Waals surface area contributed by atoms with Crippen LogP contribution in [-0.2, 0) is 37.5 Å². The summed E-state index contributed by atoms with van der Waals surface area (Å²) >= 11 is 5.00. The summed E-state index contributed by atoms with van der Waals surface area (Å²) < 4.78 is 39.3. The van der Waals surface area contributed by atoms with Crippen molar-refractivity contribution in [2.45, 2.75) is 16.8 Å². The van der Waals surface area contributed by atoms with E-state index in [9.17, 15) is 18.0 Å². The third kappa shape index (κ3) is 4.75. The van der Waals surface area contributed by atoms with Gasteiger partial charge >= 0.3 is 0 Å². The Morgan fingerprint density at radius 3 is 2.71 bits per heavy atom. The number of hydrogen-bond acceptors (Lipinski definition) is 1. The third-order valence-electron chi connectivity index (χ3n) is 2.76. The number of alkyl halides is 3. The van der Waals surface area contributed by atoms with Gasteiger partial charge in [-0.15, -0.1) is 17.3 Å². The van der Waals surface area contributed by atoms with E-state index in [1.54, 1.807) is 6.07 Å². The number of carbonyl (C=O) groups excluding carboxylic acids is 1. The van der Waals surface area contributed by atoms with Crippen molar-refractivity contribution in [3.05, 3.63) is 40.1 Å². The number of hydrogen-bond donors (Lipinski definition) is 0. The van der Waals surface area contributed by atoms with Crippen LogP contribution in [0.15, 0.2) is 22.7 Å². The van der Waals surface area contributed by atoms with Crippen molar-refractivity contribution in [1.29, 1.82) is 0 Å². The molecule has 1 aromatic rings. The van der Waals surface area contributed by atoms with Gasteiger partial charge in [-0.1, -0.05) is 51.0 Å². The van der Waals surface area contributed by atoms with E-state index in [4.69, 9.17) is 0 Å². The standard InChI is InChI=1S/C13H9BrF3INO.Y/c14-7-1-2-8(9(15)5-7)11-4-3-10(18)13(20)19(11)6-12(16)17;/h1-2,5,10,12H,3,6H2;/q-1;. The summed E-state index contributed by atoms with van der Waals surface area (Å²) in [6, 6.07) is 4.26. The molecule has 1 aromatic carbocycles. The molecule has 2 rings (SSSR count). The van der Waals surface area contributed by atoms with E-state index in [2.05, 4.69) is 22.0 Å². The first kappa shape index (κ1) is 19.6. The molecule has 0 saturated heterocycles. The van der Waals surface area contributed by atoms with Crippen molar-refractivity contribution in [3.8, 4) is 0 Å². The summed E-state index contributed by atoms with van der Waals surface area (Å²) in [5, 5.41) is 0.